The van der Waals surface area contributed by atoms with E-state index in [1.54, 1.807) is 44.3 Å². The second kappa shape index (κ2) is 10.3. The first-order valence-corrected chi connectivity index (χ1v) is 12.9. The number of hydrogen-bond acceptors (Lipinski definition) is 5. The monoisotopic (exact) mass is 524 g/mol. The SMILES string of the molecule is CCNc1cc2oc(-c3ccc(F)cc3)c(C(=O)NC)c2cc1-c1cccc(C(=O)NC(C)(C#N)C2CC2)c1. The Morgan fingerprint density at radius 1 is 1.08 bits per heavy atom. The van der Waals surface area contributed by atoms with Gasteiger partial charge in [-0.2, -0.15) is 5.26 Å². The zero-order valence-electron chi connectivity index (χ0n) is 22.0. The van der Waals surface area contributed by atoms with Crippen molar-refractivity contribution in [1.29, 1.82) is 5.26 Å². The van der Waals surface area contributed by atoms with Gasteiger partial charge < -0.3 is 20.4 Å². The second-order valence-corrected chi connectivity index (χ2v) is 9.94. The third-order valence-electron chi connectivity index (χ3n) is 7.19. The molecule has 1 unspecified atom stereocenters. The number of furan rings is 1. The normalized spacial score (nSPS) is 14.3. The van der Waals surface area contributed by atoms with Crippen molar-refractivity contribution in [2.75, 3.05) is 18.9 Å². The number of hydrogen-bond donors (Lipinski definition) is 3. The minimum Gasteiger partial charge on any atom is -0.455 e. The average Bonchev–Trinajstić information content (AvgIpc) is 3.75. The van der Waals surface area contributed by atoms with E-state index in [0.717, 1.165) is 29.7 Å². The third kappa shape index (κ3) is 4.96. The van der Waals surface area contributed by atoms with Gasteiger partial charge in [0.15, 0.2) is 0 Å². The van der Waals surface area contributed by atoms with Crippen molar-refractivity contribution in [2.45, 2.75) is 32.2 Å². The van der Waals surface area contributed by atoms with Gasteiger partial charge in [-0.05, 0) is 80.6 Å². The summed E-state index contributed by atoms with van der Waals surface area (Å²) in [5.74, 6) is -0.528. The van der Waals surface area contributed by atoms with E-state index in [-0.39, 0.29) is 23.5 Å². The molecule has 0 bridgehead atoms. The van der Waals surface area contributed by atoms with E-state index in [0.29, 0.717) is 40.0 Å². The second-order valence-electron chi connectivity index (χ2n) is 9.94. The van der Waals surface area contributed by atoms with E-state index in [2.05, 4.69) is 22.0 Å². The number of nitrogens with zero attached hydrogens (tertiary/aromatic N) is 1. The fourth-order valence-corrected chi connectivity index (χ4v) is 4.89. The lowest BCUT2D eigenvalue weighted by atomic mass is 9.95. The Bertz CT molecular complexity index is 1620. The highest BCUT2D eigenvalue weighted by atomic mass is 19.1. The van der Waals surface area contributed by atoms with Crippen LogP contribution < -0.4 is 16.0 Å². The van der Waals surface area contributed by atoms with Crippen LogP contribution in [0.5, 0.6) is 0 Å². The molecular formula is C31H29FN4O3. The van der Waals surface area contributed by atoms with Crippen molar-refractivity contribution in [1.82, 2.24) is 10.6 Å². The van der Waals surface area contributed by atoms with Crippen LogP contribution >= 0.6 is 0 Å². The molecule has 2 amide bonds. The van der Waals surface area contributed by atoms with Gasteiger partial charge in [0.1, 0.15) is 22.7 Å². The maximum atomic E-state index is 13.6. The van der Waals surface area contributed by atoms with Gasteiger partial charge in [0.25, 0.3) is 11.8 Å². The van der Waals surface area contributed by atoms with Crippen LogP contribution in [0.2, 0.25) is 0 Å². The molecule has 1 aromatic heterocycles. The summed E-state index contributed by atoms with van der Waals surface area (Å²) >= 11 is 0. The van der Waals surface area contributed by atoms with Gasteiger partial charge in [0, 0.05) is 47.4 Å². The number of nitrogens with one attached hydrogen (secondary N) is 3. The first-order valence-electron chi connectivity index (χ1n) is 12.9. The van der Waals surface area contributed by atoms with Crippen LogP contribution in [0.3, 0.4) is 0 Å². The molecule has 3 N–H and O–H groups in total. The summed E-state index contributed by atoms with van der Waals surface area (Å²) in [5, 5.41) is 19.2. The maximum absolute atomic E-state index is 13.6. The number of carbonyl (C=O) groups is 2. The van der Waals surface area contributed by atoms with Gasteiger partial charge in [-0.1, -0.05) is 12.1 Å². The smallest absolute Gasteiger partial charge is 0.255 e. The number of halogens is 1. The van der Waals surface area contributed by atoms with E-state index in [1.165, 1.54) is 12.1 Å². The number of carbonyl (C=O) groups excluding carboxylic acids is 2. The number of fused-ring (bicyclic) bond motifs is 1. The Hall–Kier alpha value is -4.64. The van der Waals surface area contributed by atoms with Crippen LogP contribution in [0, 0.1) is 23.1 Å². The number of amides is 2. The highest BCUT2D eigenvalue weighted by Crippen LogP contribution is 2.41. The molecule has 3 aromatic carbocycles. The summed E-state index contributed by atoms with van der Waals surface area (Å²) in [7, 11) is 1.54. The van der Waals surface area contributed by atoms with Crippen molar-refractivity contribution in [2.24, 2.45) is 5.92 Å². The Balaban J connectivity index is 1.62. The highest BCUT2D eigenvalue weighted by Gasteiger charge is 2.43. The van der Waals surface area contributed by atoms with Crippen molar-refractivity contribution in [3.05, 3.63) is 77.6 Å². The van der Waals surface area contributed by atoms with Crippen LogP contribution in [0.1, 0.15) is 47.4 Å². The lowest BCUT2D eigenvalue weighted by Gasteiger charge is -2.23. The lowest BCUT2D eigenvalue weighted by molar-refractivity contribution is 0.0915. The predicted octanol–water partition coefficient (Wildman–Crippen LogP) is 6.12. The van der Waals surface area contributed by atoms with Gasteiger partial charge in [0.2, 0.25) is 0 Å². The summed E-state index contributed by atoms with van der Waals surface area (Å²) in [6.45, 7) is 4.37. The first kappa shape index (κ1) is 26.0. The van der Waals surface area contributed by atoms with Crippen LogP contribution in [-0.4, -0.2) is 30.9 Å². The average molecular weight is 525 g/mol. The largest absolute Gasteiger partial charge is 0.455 e. The molecule has 0 saturated heterocycles. The predicted molar refractivity (Wildman–Crippen MR) is 149 cm³/mol. The van der Waals surface area contributed by atoms with Crippen LogP contribution in [0.15, 0.2) is 65.1 Å². The summed E-state index contributed by atoms with van der Waals surface area (Å²) in [6.07, 6.45) is 1.85. The van der Waals surface area contributed by atoms with Crippen molar-refractivity contribution >= 4 is 28.5 Å². The Morgan fingerprint density at radius 3 is 2.46 bits per heavy atom. The molecule has 1 aliphatic rings. The molecular weight excluding hydrogens is 495 g/mol. The zero-order valence-corrected chi connectivity index (χ0v) is 22.0. The van der Waals surface area contributed by atoms with E-state index in [4.69, 9.17) is 4.42 Å². The summed E-state index contributed by atoms with van der Waals surface area (Å²) < 4.78 is 19.8. The molecule has 1 saturated carbocycles. The number of anilines is 1. The van der Waals surface area contributed by atoms with E-state index in [1.807, 2.05) is 25.1 Å². The maximum Gasteiger partial charge on any atom is 0.255 e. The standard InChI is InChI=1S/C31H29FN4O3/c1-4-35-25-16-26-24(27(30(38)34-3)28(39-26)18-8-12-22(32)13-9-18)15-23(25)19-6-5-7-20(14-19)29(37)36-31(2,17-33)21-10-11-21/h5-9,12-16,21,35H,4,10-11H2,1-3H3,(H,34,38)(H,36,37). The highest BCUT2D eigenvalue weighted by molar-refractivity contribution is 6.13. The molecule has 7 nitrogen and oxygen atoms in total. The Morgan fingerprint density at radius 2 is 1.82 bits per heavy atom. The fraction of sp³-hybridized carbons (Fsp3) is 0.258. The van der Waals surface area contributed by atoms with Gasteiger partial charge in [0.05, 0.1) is 11.6 Å². The molecule has 5 rings (SSSR count). The van der Waals surface area contributed by atoms with E-state index in [9.17, 15) is 19.2 Å². The fourth-order valence-electron chi connectivity index (χ4n) is 4.89. The molecule has 39 heavy (non-hydrogen) atoms. The lowest BCUT2D eigenvalue weighted by Crippen LogP contribution is -2.46. The number of nitriles is 1. The molecule has 1 fully saturated rings. The van der Waals surface area contributed by atoms with Gasteiger partial charge in [-0.15, -0.1) is 0 Å². The van der Waals surface area contributed by atoms with Crippen molar-refractivity contribution in [3.8, 4) is 28.5 Å². The van der Waals surface area contributed by atoms with Gasteiger partial charge >= 0.3 is 0 Å². The van der Waals surface area contributed by atoms with Gasteiger partial charge in [-0.25, -0.2) is 4.39 Å². The minimum absolute atomic E-state index is 0.164. The molecule has 8 heteroatoms. The molecule has 1 atom stereocenters. The Kier molecular flexibility index (Phi) is 6.83. The number of benzene rings is 3. The number of rotatable bonds is 8. The van der Waals surface area contributed by atoms with Crippen LogP contribution in [0.25, 0.3) is 33.4 Å². The van der Waals surface area contributed by atoms with Crippen molar-refractivity contribution < 1.29 is 18.4 Å². The molecule has 0 aliphatic heterocycles. The molecule has 1 aliphatic carbocycles. The van der Waals surface area contributed by atoms with Crippen LogP contribution in [-0.2, 0) is 0 Å². The quantitative estimate of drug-likeness (QED) is 0.257. The molecule has 0 radical (unpaired) electrons. The molecule has 1 heterocycles. The van der Waals surface area contributed by atoms with E-state index >= 15 is 0 Å². The third-order valence-corrected chi connectivity index (χ3v) is 7.19. The molecule has 0 spiro atoms. The van der Waals surface area contributed by atoms with Crippen LogP contribution in [0.4, 0.5) is 10.1 Å². The Labute approximate surface area is 226 Å². The summed E-state index contributed by atoms with van der Waals surface area (Å²) in [6, 6.07) is 18.9. The topological polar surface area (TPSA) is 107 Å². The minimum atomic E-state index is -0.906. The first-order chi connectivity index (χ1) is 18.8. The zero-order chi connectivity index (χ0) is 27.7. The molecule has 198 valence electrons. The van der Waals surface area contributed by atoms with Crippen molar-refractivity contribution in [3.63, 3.8) is 0 Å². The molecule has 4 aromatic rings. The van der Waals surface area contributed by atoms with E-state index < -0.39 is 5.54 Å². The summed E-state index contributed by atoms with van der Waals surface area (Å²) in [5.41, 5.74) is 3.25. The summed E-state index contributed by atoms with van der Waals surface area (Å²) in [4.78, 5) is 26.2. The van der Waals surface area contributed by atoms with Gasteiger partial charge in [-0.3, -0.25) is 9.59 Å².